The summed E-state index contributed by atoms with van der Waals surface area (Å²) in [5.41, 5.74) is -0.123. The van der Waals surface area contributed by atoms with E-state index in [1.807, 2.05) is 6.92 Å². The summed E-state index contributed by atoms with van der Waals surface area (Å²) in [6, 6.07) is 3.73. The molecule has 0 spiro atoms. The van der Waals surface area contributed by atoms with Crippen LogP contribution in [0.2, 0.25) is 0 Å². The third kappa shape index (κ3) is 4.55. The van der Waals surface area contributed by atoms with Crippen molar-refractivity contribution in [3.05, 3.63) is 28.2 Å². The van der Waals surface area contributed by atoms with E-state index in [0.29, 0.717) is 6.42 Å². The molecule has 0 radical (unpaired) electrons. The summed E-state index contributed by atoms with van der Waals surface area (Å²) in [6.07, 6.45) is 0.455. The first-order valence-electron chi connectivity index (χ1n) is 5.98. The van der Waals surface area contributed by atoms with Gasteiger partial charge in [-0.15, -0.1) is 0 Å². The Labute approximate surface area is 126 Å². The Morgan fingerprint density at radius 1 is 1.45 bits per heavy atom. The third-order valence-electron chi connectivity index (χ3n) is 2.60. The van der Waals surface area contributed by atoms with Crippen molar-refractivity contribution in [2.45, 2.75) is 30.8 Å². The normalized spacial score (nSPS) is 13.2. The number of rotatable bonds is 7. The molecule has 20 heavy (non-hydrogen) atoms. The maximum atomic E-state index is 12.1. The zero-order chi connectivity index (χ0) is 15.3. The molecule has 0 aromatic heterocycles. The SMILES string of the molecule is CCCC(O)CNS(=O)(=O)c1cc(C(=O)O)ccc1Br. The smallest absolute Gasteiger partial charge is 0.335 e. The maximum absolute atomic E-state index is 12.1. The minimum Gasteiger partial charge on any atom is -0.478 e. The van der Waals surface area contributed by atoms with Crippen LogP contribution >= 0.6 is 15.9 Å². The van der Waals surface area contributed by atoms with Crippen LogP contribution in [0.25, 0.3) is 0 Å². The molecule has 1 aromatic rings. The minimum absolute atomic E-state index is 0.111. The number of hydrogen-bond acceptors (Lipinski definition) is 4. The molecule has 0 saturated carbocycles. The Kier molecular flexibility index (Phi) is 6.12. The molecule has 0 heterocycles. The standard InChI is InChI=1S/C12H16BrNO5S/c1-2-3-9(15)7-14-20(18,19)11-6-8(12(16)17)4-5-10(11)13/h4-6,9,14-15H,2-3,7H2,1H3,(H,16,17). The molecule has 0 bridgehead atoms. The van der Waals surface area contributed by atoms with Gasteiger partial charge in [0.05, 0.1) is 16.6 Å². The maximum Gasteiger partial charge on any atom is 0.335 e. The van der Waals surface area contributed by atoms with Crippen molar-refractivity contribution in [1.29, 1.82) is 0 Å². The van der Waals surface area contributed by atoms with E-state index in [9.17, 15) is 18.3 Å². The molecular weight excluding hydrogens is 350 g/mol. The summed E-state index contributed by atoms with van der Waals surface area (Å²) in [7, 11) is -3.88. The van der Waals surface area contributed by atoms with Gasteiger partial charge >= 0.3 is 5.97 Å². The lowest BCUT2D eigenvalue weighted by molar-refractivity contribution is 0.0696. The number of aliphatic hydroxyl groups excluding tert-OH is 1. The van der Waals surface area contributed by atoms with Crippen molar-refractivity contribution in [3.63, 3.8) is 0 Å². The Hall–Kier alpha value is -0.960. The second kappa shape index (κ2) is 7.16. The van der Waals surface area contributed by atoms with Gasteiger partial charge in [-0.05, 0) is 40.5 Å². The molecule has 0 amide bonds. The molecule has 1 unspecified atom stereocenters. The fourth-order valence-corrected chi connectivity index (χ4v) is 3.62. The van der Waals surface area contributed by atoms with Crippen LogP contribution in [0.3, 0.4) is 0 Å². The predicted octanol–water partition coefficient (Wildman–Crippen LogP) is 1.59. The molecule has 6 nitrogen and oxygen atoms in total. The van der Waals surface area contributed by atoms with Crippen molar-refractivity contribution >= 4 is 31.9 Å². The van der Waals surface area contributed by atoms with E-state index in [2.05, 4.69) is 20.7 Å². The molecular formula is C12H16BrNO5S. The Morgan fingerprint density at radius 2 is 2.10 bits per heavy atom. The largest absolute Gasteiger partial charge is 0.478 e. The molecule has 0 fully saturated rings. The number of sulfonamides is 1. The number of halogens is 1. The minimum atomic E-state index is -3.88. The molecule has 112 valence electrons. The van der Waals surface area contributed by atoms with Crippen LogP contribution in [-0.2, 0) is 10.0 Å². The average molecular weight is 366 g/mol. The lowest BCUT2D eigenvalue weighted by Crippen LogP contribution is -2.32. The van der Waals surface area contributed by atoms with Crippen molar-refractivity contribution in [3.8, 4) is 0 Å². The van der Waals surface area contributed by atoms with E-state index >= 15 is 0 Å². The first-order chi connectivity index (χ1) is 9.27. The Balaban J connectivity index is 2.97. The fourth-order valence-electron chi connectivity index (χ4n) is 1.56. The molecule has 1 aromatic carbocycles. The molecule has 1 atom stereocenters. The van der Waals surface area contributed by atoms with Crippen LogP contribution in [0.4, 0.5) is 0 Å². The number of hydrogen-bond donors (Lipinski definition) is 3. The van der Waals surface area contributed by atoms with Gasteiger partial charge in [0, 0.05) is 11.0 Å². The molecule has 0 aliphatic rings. The van der Waals surface area contributed by atoms with Gasteiger partial charge in [-0.25, -0.2) is 17.9 Å². The summed E-state index contributed by atoms with van der Waals surface area (Å²) in [5.74, 6) is -1.21. The van der Waals surface area contributed by atoms with Crippen molar-refractivity contribution in [2.75, 3.05) is 6.54 Å². The highest BCUT2D eigenvalue weighted by molar-refractivity contribution is 9.10. The van der Waals surface area contributed by atoms with E-state index in [0.717, 1.165) is 12.5 Å². The van der Waals surface area contributed by atoms with Crippen molar-refractivity contribution in [2.24, 2.45) is 0 Å². The van der Waals surface area contributed by atoms with Gasteiger partial charge in [0.2, 0.25) is 10.0 Å². The van der Waals surface area contributed by atoms with Gasteiger partial charge in [-0.2, -0.15) is 0 Å². The van der Waals surface area contributed by atoms with Gasteiger partial charge in [-0.1, -0.05) is 13.3 Å². The second-order valence-corrected chi connectivity index (χ2v) is 6.83. The molecule has 0 saturated heterocycles. The van der Waals surface area contributed by atoms with Crippen LogP contribution in [0, 0.1) is 0 Å². The molecule has 0 aliphatic heterocycles. The van der Waals surface area contributed by atoms with E-state index in [1.165, 1.54) is 12.1 Å². The number of carboxylic acid groups (broad SMARTS) is 1. The van der Waals surface area contributed by atoms with Crippen molar-refractivity contribution in [1.82, 2.24) is 4.72 Å². The van der Waals surface area contributed by atoms with E-state index in [-0.39, 0.29) is 21.5 Å². The zero-order valence-corrected chi connectivity index (χ0v) is 13.2. The van der Waals surface area contributed by atoms with Crippen LogP contribution in [0.15, 0.2) is 27.6 Å². The average Bonchev–Trinajstić information content (AvgIpc) is 2.37. The van der Waals surface area contributed by atoms with Gasteiger partial charge in [0.1, 0.15) is 0 Å². The van der Waals surface area contributed by atoms with Gasteiger partial charge in [0.15, 0.2) is 0 Å². The number of nitrogens with one attached hydrogen (secondary N) is 1. The molecule has 0 aliphatic carbocycles. The molecule has 8 heteroatoms. The monoisotopic (exact) mass is 365 g/mol. The van der Waals surface area contributed by atoms with E-state index in [4.69, 9.17) is 5.11 Å². The summed E-state index contributed by atoms with van der Waals surface area (Å²) in [6.45, 7) is 1.77. The Morgan fingerprint density at radius 3 is 2.65 bits per heavy atom. The lowest BCUT2D eigenvalue weighted by Gasteiger charge is -2.12. The first kappa shape index (κ1) is 17.1. The van der Waals surface area contributed by atoms with Crippen LogP contribution in [0.5, 0.6) is 0 Å². The fraction of sp³-hybridized carbons (Fsp3) is 0.417. The van der Waals surface area contributed by atoms with E-state index < -0.39 is 22.1 Å². The first-order valence-corrected chi connectivity index (χ1v) is 8.26. The summed E-state index contributed by atoms with van der Waals surface area (Å²) >= 11 is 3.08. The highest BCUT2D eigenvalue weighted by Crippen LogP contribution is 2.23. The van der Waals surface area contributed by atoms with Gasteiger partial charge < -0.3 is 10.2 Å². The molecule has 3 N–H and O–H groups in total. The summed E-state index contributed by atoms with van der Waals surface area (Å²) in [4.78, 5) is 10.7. The highest BCUT2D eigenvalue weighted by atomic mass is 79.9. The quantitative estimate of drug-likeness (QED) is 0.680. The number of carbonyl (C=O) groups is 1. The van der Waals surface area contributed by atoms with E-state index in [1.54, 1.807) is 0 Å². The lowest BCUT2D eigenvalue weighted by atomic mass is 10.2. The highest BCUT2D eigenvalue weighted by Gasteiger charge is 2.20. The third-order valence-corrected chi connectivity index (χ3v) is 5.02. The second-order valence-electron chi connectivity index (χ2n) is 4.24. The topological polar surface area (TPSA) is 104 Å². The summed E-state index contributed by atoms with van der Waals surface area (Å²) < 4.78 is 26.7. The summed E-state index contributed by atoms with van der Waals surface area (Å²) in [5, 5.41) is 18.4. The molecule has 1 rings (SSSR count). The number of aromatic carboxylic acids is 1. The van der Waals surface area contributed by atoms with Crippen molar-refractivity contribution < 1.29 is 23.4 Å². The number of benzene rings is 1. The number of carboxylic acids is 1. The Bertz CT molecular complexity index is 588. The van der Waals surface area contributed by atoms with Gasteiger partial charge in [-0.3, -0.25) is 0 Å². The zero-order valence-electron chi connectivity index (χ0n) is 10.8. The van der Waals surface area contributed by atoms with Crippen LogP contribution < -0.4 is 4.72 Å². The predicted molar refractivity (Wildman–Crippen MR) is 77.2 cm³/mol. The van der Waals surface area contributed by atoms with Crippen LogP contribution in [-0.4, -0.2) is 37.2 Å². The van der Waals surface area contributed by atoms with Gasteiger partial charge in [0.25, 0.3) is 0 Å². The number of aliphatic hydroxyl groups is 1. The van der Waals surface area contributed by atoms with Crippen LogP contribution in [0.1, 0.15) is 30.1 Å².